The van der Waals surface area contributed by atoms with Gasteiger partial charge in [0, 0.05) is 5.56 Å². The van der Waals surface area contributed by atoms with E-state index >= 15 is 0 Å². The molecular weight excluding hydrogens is 250 g/mol. The number of hydrogen-bond donors (Lipinski definition) is 0. The molecule has 4 rings (SSSR count). The predicted molar refractivity (Wildman–Crippen MR) is 82.8 cm³/mol. The third-order valence-electron chi connectivity index (χ3n) is 6.06. The smallest absolute Gasteiger partial charge is 0.0990 e. The first-order chi connectivity index (χ1) is 8.99. The van der Waals surface area contributed by atoms with E-state index in [9.17, 15) is 0 Å². The van der Waals surface area contributed by atoms with E-state index in [1.165, 1.54) is 29.9 Å². The van der Waals surface area contributed by atoms with Crippen LogP contribution in [0.5, 0.6) is 0 Å². The number of hydrogen-bond acceptors (Lipinski definition) is 2. The van der Waals surface area contributed by atoms with Crippen molar-refractivity contribution in [2.45, 2.75) is 50.3 Å². The number of benzene rings is 1. The average Bonchev–Trinajstić information content (AvgIpc) is 2.90. The molecular formula is C17H21NS. The molecule has 1 aliphatic heterocycles. The van der Waals surface area contributed by atoms with Crippen LogP contribution >= 0.6 is 11.8 Å². The standard InChI is InChI=1S/C17H21NS/c1-15(2)13-9-10-17(15)16(3,11-13)18-14(19-17)12-7-5-4-6-8-12/h4-8,13H,9-11H2,1-3H3/t13-,16-,17-/m0/s1. The van der Waals surface area contributed by atoms with Crippen LogP contribution in [0.2, 0.25) is 0 Å². The van der Waals surface area contributed by atoms with Crippen LogP contribution in [0.15, 0.2) is 35.3 Å². The lowest BCUT2D eigenvalue weighted by Crippen LogP contribution is -2.47. The van der Waals surface area contributed by atoms with Gasteiger partial charge in [0.05, 0.1) is 15.3 Å². The third kappa shape index (κ3) is 1.27. The first-order valence-corrected chi connectivity index (χ1v) is 8.14. The minimum absolute atomic E-state index is 0.162. The second kappa shape index (κ2) is 3.46. The summed E-state index contributed by atoms with van der Waals surface area (Å²) in [4.78, 5) is 5.20. The minimum atomic E-state index is 0.162. The molecule has 2 bridgehead atoms. The number of rotatable bonds is 1. The van der Waals surface area contributed by atoms with Crippen LogP contribution in [0.4, 0.5) is 0 Å². The van der Waals surface area contributed by atoms with Gasteiger partial charge >= 0.3 is 0 Å². The SMILES string of the molecule is CC1(C)[C@H]2CC[C@]13SC(c1ccccc1)=N[C@@]3(C)C2. The van der Waals surface area contributed by atoms with Crippen molar-refractivity contribution in [3.8, 4) is 0 Å². The molecule has 1 nitrogen and oxygen atoms in total. The molecule has 0 saturated heterocycles. The van der Waals surface area contributed by atoms with Crippen LogP contribution in [0.25, 0.3) is 0 Å². The highest BCUT2D eigenvalue weighted by atomic mass is 32.2. The van der Waals surface area contributed by atoms with Gasteiger partial charge in [-0.1, -0.05) is 55.9 Å². The number of nitrogens with zero attached hydrogens (tertiary/aromatic N) is 1. The molecule has 2 aliphatic carbocycles. The summed E-state index contributed by atoms with van der Waals surface area (Å²) in [5.41, 5.74) is 1.89. The van der Waals surface area contributed by atoms with E-state index < -0.39 is 0 Å². The van der Waals surface area contributed by atoms with Crippen molar-refractivity contribution in [2.24, 2.45) is 16.3 Å². The molecule has 2 fully saturated rings. The topological polar surface area (TPSA) is 12.4 Å². The Bertz CT molecular complexity index is 562. The summed E-state index contributed by atoms with van der Waals surface area (Å²) in [5, 5.41) is 1.27. The Hall–Kier alpha value is -0.760. The predicted octanol–water partition coefficient (Wildman–Crippen LogP) is 4.52. The molecule has 100 valence electrons. The molecule has 0 radical (unpaired) electrons. The van der Waals surface area contributed by atoms with Gasteiger partial charge in [-0.15, -0.1) is 0 Å². The van der Waals surface area contributed by atoms with Crippen molar-refractivity contribution < 1.29 is 0 Å². The van der Waals surface area contributed by atoms with Gasteiger partial charge < -0.3 is 0 Å². The van der Waals surface area contributed by atoms with Gasteiger partial charge in [0.15, 0.2) is 0 Å². The maximum Gasteiger partial charge on any atom is 0.0990 e. The Morgan fingerprint density at radius 1 is 1.16 bits per heavy atom. The van der Waals surface area contributed by atoms with Gasteiger partial charge in [-0.2, -0.15) is 0 Å². The first kappa shape index (κ1) is 12.0. The first-order valence-electron chi connectivity index (χ1n) is 7.33. The van der Waals surface area contributed by atoms with Gasteiger partial charge in [-0.25, -0.2) is 0 Å². The van der Waals surface area contributed by atoms with Crippen molar-refractivity contribution in [3.05, 3.63) is 35.9 Å². The molecule has 2 saturated carbocycles. The summed E-state index contributed by atoms with van der Waals surface area (Å²) in [6, 6.07) is 10.7. The largest absolute Gasteiger partial charge is 0.270 e. The Morgan fingerprint density at radius 2 is 1.89 bits per heavy atom. The maximum absolute atomic E-state index is 5.20. The molecule has 3 atom stereocenters. The zero-order chi connectivity index (χ0) is 13.3. The van der Waals surface area contributed by atoms with E-state index in [0.717, 1.165) is 5.92 Å². The maximum atomic E-state index is 5.20. The van der Waals surface area contributed by atoms with E-state index in [-0.39, 0.29) is 5.54 Å². The Balaban J connectivity index is 1.81. The average molecular weight is 271 g/mol. The van der Waals surface area contributed by atoms with E-state index in [2.05, 4.69) is 62.9 Å². The van der Waals surface area contributed by atoms with Gasteiger partial charge in [0.1, 0.15) is 0 Å². The zero-order valence-corrected chi connectivity index (χ0v) is 12.8. The minimum Gasteiger partial charge on any atom is -0.270 e. The van der Waals surface area contributed by atoms with Gasteiger partial charge in [-0.3, -0.25) is 4.99 Å². The monoisotopic (exact) mass is 271 g/mol. The van der Waals surface area contributed by atoms with E-state index in [4.69, 9.17) is 4.99 Å². The summed E-state index contributed by atoms with van der Waals surface area (Å²) in [5.74, 6) is 0.867. The van der Waals surface area contributed by atoms with Gasteiger partial charge in [0.25, 0.3) is 0 Å². The summed E-state index contributed by atoms with van der Waals surface area (Å²) < 4.78 is 0.343. The molecule has 0 N–H and O–H groups in total. The van der Waals surface area contributed by atoms with E-state index in [1.807, 2.05) is 0 Å². The van der Waals surface area contributed by atoms with Crippen molar-refractivity contribution in [1.29, 1.82) is 0 Å². The highest BCUT2D eigenvalue weighted by molar-refractivity contribution is 8.16. The Labute approximate surface area is 119 Å². The number of fused-ring (bicyclic) bond motifs is 1. The Morgan fingerprint density at radius 3 is 2.53 bits per heavy atom. The van der Waals surface area contributed by atoms with Crippen molar-refractivity contribution in [1.82, 2.24) is 0 Å². The highest BCUT2D eigenvalue weighted by Crippen LogP contribution is 2.73. The summed E-state index contributed by atoms with van der Waals surface area (Å²) in [7, 11) is 0. The van der Waals surface area contributed by atoms with Crippen molar-refractivity contribution in [2.75, 3.05) is 0 Å². The fraction of sp³-hybridized carbons (Fsp3) is 0.588. The zero-order valence-electron chi connectivity index (χ0n) is 11.9. The summed E-state index contributed by atoms with van der Waals surface area (Å²) in [6.07, 6.45) is 4.02. The normalized spacial score (nSPS) is 42.3. The number of aliphatic imine (C=N–C) groups is 1. The Kier molecular flexibility index (Phi) is 2.19. The highest BCUT2D eigenvalue weighted by Gasteiger charge is 2.72. The quantitative estimate of drug-likeness (QED) is 0.731. The van der Waals surface area contributed by atoms with Crippen LogP contribution in [-0.4, -0.2) is 15.3 Å². The van der Waals surface area contributed by atoms with Crippen LogP contribution < -0.4 is 0 Å². The lowest BCUT2D eigenvalue weighted by molar-refractivity contribution is 0.265. The lowest BCUT2D eigenvalue weighted by atomic mass is 9.76. The van der Waals surface area contributed by atoms with Crippen LogP contribution in [-0.2, 0) is 0 Å². The van der Waals surface area contributed by atoms with Crippen molar-refractivity contribution in [3.63, 3.8) is 0 Å². The van der Waals surface area contributed by atoms with Gasteiger partial charge in [0.2, 0.25) is 0 Å². The van der Waals surface area contributed by atoms with E-state index in [0.29, 0.717) is 10.2 Å². The molecule has 1 heterocycles. The van der Waals surface area contributed by atoms with Crippen molar-refractivity contribution >= 4 is 16.8 Å². The van der Waals surface area contributed by atoms with Crippen LogP contribution in [0, 0.1) is 11.3 Å². The van der Waals surface area contributed by atoms with Crippen LogP contribution in [0.3, 0.4) is 0 Å². The molecule has 0 unspecified atom stereocenters. The lowest BCUT2D eigenvalue weighted by Gasteiger charge is -2.41. The molecule has 1 aromatic carbocycles. The molecule has 1 aromatic rings. The van der Waals surface area contributed by atoms with Gasteiger partial charge in [-0.05, 0) is 37.5 Å². The number of thioether (sulfide) groups is 1. The molecule has 0 aromatic heterocycles. The molecule has 19 heavy (non-hydrogen) atoms. The molecule has 3 aliphatic rings. The van der Waals surface area contributed by atoms with E-state index in [1.54, 1.807) is 0 Å². The summed E-state index contributed by atoms with van der Waals surface area (Å²) >= 11 is 2.08. The second-order valence-corrected chi connectivity index (χ2v) is 8.44. The summed E-state index contributed by atoms with van der Waals surface area (Å²) in [6.45, 7) is 7.36. The van der Waals surface area contributed by atoms with Crippen LogP contribution in [0.1, 0.15) is 45.6 Å². The molecule has 2 heteroatoms. The second-order valence-electron chi connectivity index (χ2n) is 7.15. The molecule has 1 spiro atoms. The fourth-order valence-corrected chi connectivity index (χ4v) is 6.73. The molecule has 0 amide bonds. The fourth-order valence-electron chi connectivity index (χ4n) is 4.90. The third-order valence-corrected chi connectivity index (χ3v) is 8.10.